The third-order valence-electron chi connectivity index (χ3n) is 3.37. The van der Waals surface area contributed by atoms with E-state index in [1.807, 2.05) is 6.07 Å². The van der Waals surface area contributed by atoms with Crippen molar-refractivity contribution in [3.05, 3.63) is 29.5 Å². The summed E-state index contributed by atoms with van der Waals surface area (Å²) in [5, 5.41) is 2.99. The Balaban J connectivity index is 1.65. The van der Waals surface area contributed by atoms with Crippen molar-refractivity contribution in [2.75, 3.05) is 19.7 Å². The Labute approximate surface area is 122 Å². The van der Waals surface area contributed by atoms with E-state index < -0.39 is 0 Å². The van der Waals surface area contributed by atoms with Gasteiger partial charge in [0.25, 0.3) is 0 Å². The van der Waals surface area contributed by atoms with Crippen LogP contribution in [-0.2, 0) is 11.3 Å². The summed E-state index contributed by atoms with van der Waals surface area (Å²) in [4.78, 5) is 15.5. The topological polar surface area (TPSA) is 51.1 Å². The van der Waals surface area contributed by atoms with Crippen LogP contribution in [0.4, 0.5) is 0 Å². The van der Waals surface area contributed by atoms with Crippen LogP contribution in [-0.4, -0.2) is 45.7 Å². The molecule has 0 N–H and O–H groups in total. The minimum atomic E-state index is 0.360. The number of hydrogen-bond acceptors (Lipinski definition) is 6. The minimum Gasteiger partial charge on any atom is -0.376 e. The van der Waals surface area contributed by atoms with Crippen LogP contribution < -0.4 is 0 Å². The summed E-state index contributed by atoms with van der Waals surface area (Å²) in [7, 11) is 0. The van der Waals surface area contributed by atoms with Gasteiger partial charge in [-0.25, -0.2) is 15.0 Å². The van der Waals surface area contributed by atoms with Gasteiger partial charge in [-0.1, -0.05) is 6.92 Å². The average Bonchev–Trinajstić information content (AvgIpc) is 2.97. The van der Waals surface area contributed by atoms with Crippen LogP contribution in [0.3, 0.4) is 0 Å². The fourth-order valence-corrected chi connectivity index (χ4v) is 3.05. The highest BCUT2D eigenvalue weighted by Gasteiger charge is 2.19. The van der Waals surface area contributed by atoms with Crippen molar-refractivity contribution in [1.29, 1.82) is 0 Å². The molecule has 0 unspecified atom stereocenters. The molecule has 0 aliphatic carbocycles. The van der Waals surface area contributed by atoms with Crippen LogP contribution in [0, 0.1) is 0 Å². The van der Waals surface area contributed by atoms with Gasteiger partial charge in [-0.2, -0.15) is 0 Å². The van der Waals surface area contributed by atoms with Gasteiger partial charge in [0.2, 0.25) is 0 Å². The second-order valence-corrected chi connectivity index (χ2v) is 5.71. The third kappa shape index (κ3) is 3.20. The maximum Gasteiger partial charge on any atom is 0.188 e. The molecule has 0 saturated carbocycles. The lowest BCUT2D eigenvalue weighted by atomic mass is 10.2. The Bertz CT molecular complexity index is 545. The molecular formula is C14H18N4OS. The first kappa shape index (κ1) is 13.6. The zero-order valence-corrected chi connectivity index (χ0v) is 12.3. The smallest absolute Gasteiger partial charge is 0.188 e. The SMILES string of the molecule is CC[C@H]1CN(Cc2csc(-c3ncccn3)n2)CCO1. The van der Waals surface area contributed by atoms with Gasteiger partial charge in [-0.15, -0.1) is 11.3 Å². The number of ether oxygens (including phenoxy) is 1. The Kier molecular flexibility index (Phi) is 4.34. The second-order valence-electron chi connectivity index (χ2n) is 4.85. The highest BCUT2D eigenvalue weighted by molar-refractivity contribution is 7.13. The summed E-state index contributed by atoms with van der Waals surface area (Å²) in [6.07, 6.45) is 4.92. The molecule has 3 heterocycles. The summed E-state index contributed by atoms with van der Waals surface area (Å²) >= 11 is 1.60. The first-order chi connectivity index (χ1) is 9.85. The lowest BCUT2D eigenvalue weighted by molar-refractivity contribution is -0.0327. The first-order valence-electron chi connectivity index (χ1n) is 6.91. The molecule has 1 atom stereocenters. The molecule has 0 spiro atoms. The molecule has 0 aromatic carbocycles. The van der Waals surface area contributed by atoms with Gasteiger partial charge in [0, 0.05) is 37.4 Å². The average molecular weight is 290 g/mol. The molecule has 0 radical (unpaired) electrons. The zero-order valence-electron chi connectivity index (χ0n) is 11.5. The van der Waals surface area contributed by atoms with Gasteiger partial charge in [0.05, 0.1) is 18.4 Å². The van der Waals surface area contributed by atoms with E-state index in [9.17, 15) is 0 Å². The Morgan fingerprint density at radius 1 is 1.40 bits per heavy atom. The van der Waals surface area contributed by atoms with E-state index in [2.05, 4.69) is 32.2 Å². The van der Waals surface area contributed by atoms with Crippen LogP contribution >= 0.6 is 11.3 Å². The summed E-state index contributed by atoms with van der Waals surface area (Å²) in [5.74, 6) is 0.706. The molecule has 1 aliphatic heterocycles. The van der Waals surface area contributed by atoms with E-state index in [4.69, 9.17) is 4.74 Å². The van der Waals surface area contributed by atoms with Crippen molar-refractivity contribution in [2.24, 2.45) is 0 Å². The van der Waals surface area contributed by atoms with E-state index in [1.54, 1.807) is 23.7 Å². The van der Waals surface area contributed by atoms with E-state index in [0.717, 1.165) is 43.4 Å². The van der Waals surface area contributed by atoms with Crippen LogP contribution in [0.1, 0.15) is 19.0 Å². The quantitative estimate of drug-likeness (QED) is 0.864. The largest absolute Gasteiger partial charge is 0.376 e. The van der Waals surface area contributed by atoms with Gasteiger partial charge in [0.15, 0.2) is 10.8 Å². The molecule has 5 nitrogen and oxygen atoms in total. The van der Waals surface area contributed by atoms with Gasteiger partial charge in [0.1, 0.15) is 0 Å². The van der Waals surface area contributed by atoms with Gasteiger partial charge >= 0.3 is 0 Å². The number of aromatic nitrogens is 3. The second kappa shape index (κ2) is 6.39. The zero-order chi connectivity index (χ0) is 13.8. The highest BCUT2D eigenvalue weighted by Crippen LogP contribution is 2.21. The monoisotopic (exact) mass is 290 g/mol. The van der Waals surface area contributed by atoms with Crippen molar-refractivity contribution in [3.8, 4) is 10.8 Å². The summed E-state index contributed by atoms with van der Waals surface area (Å²) in [5.41, 5.74) is 1.09. The predicted molar refractivity (Wildman–Crippen MR) is 78.4 cm³/mol. The molecule has 106 valence electrons. The van der Waals surface area contributed by atoms with Crippen molar-refractivity contribution >= 4 is 11.3 Å². The standard InChI is InChI=1S/C14H18N4OS/c1-2-12-9-18(6-7-19-12)8-11-10-20-14(17-11)13-15-4-3-5-16-13/h3-5,10,12H,2,6-9H2,1H3/t12-/m0/s1. The Hall–Kier alpha value is -1.37. The lowest BCUT2D eigenvalue weighted by Crippen LogP contribution is -2.41. The fourth-order valence-electron chi connectivity index (χ4n) is 2.29. The molecule has 20 heavy (non-hydrogen) atoms. The molecule has 0 bridgehead atoms. The van der Waals surface area contributed by atoms with Crippen LogP contribution in [0.5, 0.6) is 0 Å². The van der Waals surface area contributed by atoms with Crippen LogP contribution in [0.25, 0.3) is 10.8 Å². The lowest BCUT2D eigenvalue weighted by Gasteiger charge is -2.31. The summed E-state index contributed by atoms with van der Waals surface area (Å²) < 4.78 is 5.69. The van der Waals surface area contributed by atoms with E-state index in [1.165, 1.54) is 0 Å². The summed E-state index contributed by atoms with van der Waals surface area (Å²) in [6, 6.07) is 1.82. The molecule has 1 saturated heterocycles. The normalized spacial score (nSPS) is 20.1. The molecule has 2 aromatic heterocycles. The maximum atomic E-state index is 5.69. The minimum absolute atomic E-state index is 0.360. The number of morpholine rings is 1. The van der Waals surface area contributed by atoms with Crippen molar-refractivity contribution in [3.63, 3.8) is 0 Å². The fraction of sp³-hybridized carbons (Fsp3) is 0.500. The van der Waals surface area contributed by atoms with Crippen LogP contribution in [0.15, 0.2) is 23.8 Å². The molecular weight excluding hydrogens is 272 g/mol. The molecule has 3 rings (SSSR count). The first-order valence-corrected chi connectivity index (χ1v) is 7.79. The van der Waals surface area contributed by atoms with E-state index in [-0.39, 0.29) is 0 Å². The predicted octanol–water partition coefficient (Wildman–Crippen LogP) is 2.21. The van der Waals surface area contributed by atoms with Crippen LogP contribution in [0.2, 0.25) is 0 Å². The highest BCUT2D eigenvalue weighted by atomic mass is 32.1. The Morgan fingerprint density at radius 3 is 3.05 bits per heavy atom. The van der Waals surface area contributed by atoms with Gasteiger partial charge < -0.3 is 4.74 Å². The Morgan fingerprint density at radius 2 is 2.25 bits per heavy atom. The third-order valence-corrected chi connectivity index (χ3v) is 4.26. The number of thiazole rings is 1. The molecule has 6 heteroatoms. The number of hydrogen-bond donors (Lipinski definition) is 0. The number of nitrogens with zero attached hydrogens (tertiary/aromatic N) is 4. The van der Waals surface area contributed by atoms with Crippen molar-refractivity contribution in [2.45, 2.75) is 26.0 Å². The van der Waals surface area contributed by atoms with Gasteiger partial charge in [-0.05, 0) is 12.5 Å². The van der Waals surface area contributed by atoms with Gasteiger partial charge in [-0.3, -0.25) is 4.90 Å². The molecule has 1 fully saturated rings. The molecule has 1 aliphatic rings. The summed E-state index contributed by atoms with van der Waals surface area (Å²) in [6.45, 7) is 5.83. The number of rotatable bonds is 4. The maximum absolute atomic E-state index is 5.69. The molecule has 2 aromatic rings. The van der Waals surface area contributed by atoms with E-state index >= 15 is 0 Å². The van der Waals surface area contributed by atoms with E-state index in [0.29, 0.717) is 11.9 Å². The van der Waals surface area contributed by atoms with Crippen molar-refractivity contribution < 1.29 is 4.74 Å². The van der Waals surface area contributed by atoms with Crippen molar-refractivity contribution in [1.82, 2.24) is 19.9 Å². The molecule has 0 amide bonds.